The molecule has 0 radical (unpaired) electrons. The van der Waals surface area contributed by atoms with E-state index in [9.17, 15) is 5.11 Å². The van der Waals surface area contributed by atoms with Crippen molar-refractivity contribution >= 4 is 0 Å². The number of aliphatic hydroxyl groups is 1. The second kappa shape index (κ2) is 9.05. The Labute approximate surface area is 200 Å². The molecule has 3 saturated carbocycles. The molecule has 0 amide bonds. The van der Waals surface area contributed by atoms with Gasteiger partial charge in [-0.1, -0.05) is 85.8 Å². The monoisotopic (exact) mass is 442 g/mol. The van der Waals surface area contributed by atoms with Crippen LogP contribution in [0.5, 0.6) is 0 Å². The Bertz CT molecular complexity index is 693. The predicted octanol–water partition coefficient (Wildman–Crippen LogP) is 8.81. The molecule has 9 atom stereocenters. The van der Waals surface area contributed by atoms with Crippen molar-refractivity contribution < 1.29 is 5.11 Å². The van der Waals surface area contributed by atoms with Gasteiger partial charge in [0.1, 0.15) is 0 Å². The molecule has 4 aliphatic carbocycles. The van der Waals surface area contributed by atoms with E-state index in [1.807, 2.05) is 0 Å². The highest BCUT2D eigenvalue weighted by molar-refractivity contribution is 5.35. The second-order valence-corrected chi connectivity index (χ2v) is 13.6. The average molecular weight is 443 g/mol. The van der Waals surface area contributed by atoms with Gasteiger partial charge in [-0.2, -0.15) is 0 Å². The van der Waals surface area contributed by atoms with E-state index in [1.54, 1.807) is 5.57 Å². The van der Waals surface area contributed by atoms with Gasteiger partial charge in [0, 0.05) is 5.41 Å². The predicted molar refractivity (Wildman–Crippen MR) is 137 cm³/mol. The Kier molecular flexibility index (Phi) is 7.02. The van der Waals surface area contributed by atoms with E-state index in [1.165, 1.54) is 64.2 Å². The quantitative estimate of drug-likeness (QED) is 0.390. The van der Waals surface area contributed by atoms with Crippen molar-refractivity contribution in [1.82, 2.24) is 0 Å². The normalized spacial score (nSPS) is 46.9. The molecule has 1 heteroatoms. The molecule has 0 bridgehead atoms. The third kappa shape index (κ3) is 3.58. The molecule has 0 unspecified atom stereocenters. The van der Waals surface area contributed by atoms with Gasteiger partial charge in [0.15, 0.2) is 0 Å². The summed E-state index contributed by atoms with van der Waals surface area (Å²) in [6, 6.07) is 0. The number of fused-ring (bicyclic) bond motifs is 5. The van der Waals surface area contributed by atoms with Crippen LogP contribution in [0.25, 0.3) is 0 Å². The van der Waals surface area contributed by atoms with Crippen LogP contribution >= 0.6 is 0 Å². The molecular formula is C31H54O. The maximum absolute atomic E-state index is 11.8. The Hall–Kier alpha value is -0.300. The molecule has 0 heterocycles. The first-order chi connectivity index (χ1) is 15.1. The number of hydrogen-bond acceptors (Lipinski definition) is 1. The summed E-state index contributed by atoms with van der Waals surface area (Å²) in [4.78, 5) is 0. The van der Waals surface area contributed by atoms with Crippen LogP contribution in [0.3, 0.4) is 0 Å². The molecule has 0 aromatic rings. The van der Waals surface area contributed by atoms with Gasteiger partial charge < -0.3 is 5.11 Å². The van der Waals surface area contributed by atoms with Crippen molar-refractivity contribution in [3.63, 3.8) is 0 Å². The van der Waals surface area contributed by atoms with E-state index in [0.717, 1.165) is 42.4 Å². The zero-order chi connectivity index (χ0) is 23.3. The first-order valence-corrected chi connectivity index (χ1v) is 14.5. The number of aliphatic hydroxyl groups excluding tert-OH is 1. The topological polar surface area (TPSA) is 20.2 Å². The molecule has 3 fully saturated rings. The smallest absolute Gasteiger partial charge is 0.0641 e. The third-order valence-corrected chi connectivity index (χ3v) is 12.0. The lowest BCUT2D eigenvalue weighted by atomic mass is 9.42. The first kappa shape index (κ1) is 24.8. The molecule has 0 aromatic carbocycles. The van der Waals surface area contributed by atoms with Gasteiger partial charge in [0.2, 0.25) is 0 Å². The van der Waals surface area contributed by atoms with E-state index in [2.05, 4.69) is 54.5 Å². The Balaban J connectivity index is 1.64. The molecule has 0 aromatic heterocycles. The summed E-state index contributed by atoms with van der Waals surface area (Å²) in [5.41, 5.74) is 2.50. The van der Waals surface area contributed by atoms with Gasteiger partial charge in [-0.15, -0.1) is 0 Å². The summed E-state index contributed by atoms with van der Waals surface area (Å²) in [7, 11) is 0. The van der Waals surface area contributed by atoms with Crippen LogP contribution in [0.4, 0.5) is 0 Å². The maximum Gasteiger partial charge on any atom is 0.0641 e. The molecule has 184 valence electrons. The summed E-state index contributed by atoms with van der Waals surface area (Å²) < 4.78 is 0. The fourth-order valence-corrected chi connectivity index (χ4v) is 9.99. The minimum atomic E-state index is -0.142. The minimum Gasteiger partial charge on any atom is -0.392 e. The molecule has 1 nitrogen and oxygen atoms in total. The Morgan fingerprint density at radius 3 is 2.44 bits per heavy atom. The van der Waals surface area contributed by atoms with Crippen molar-refractivity contribution in [2.75, 3.05) is 0 Å². The van der Waals surface area contributed by atoms with E-state index < -0.39 is 0 Å². The zero-order valence-corrected chi connectivity index (χ0v) is 22.6. The van der Waals surface area contributed by atoms with Crippen LogP contribution in [0.15, 0.2) is 11.6 Å². The summed E-state index contributed by atoms with van der Waals surface area (Å²) >= 11 is 0. The lowest BCUT2D eigenvalue weighted by Crippen LogP contribution is -2.56. The van der Waals surface area contributed by atoms with E-state index >= 15 is 0 Å². The van der Waals surface area contributed by atoms with Crippen LogP contribution < -0.4 is 0 Å². The number of allylic oxidation sites excluding steroid dienone is 1. The average Bonchev–Trinajstić information content (AvgIpc) is 3.00. The van der Waals surface area contributed by atoms with Crippen LogP contribution in [-0.2, 0) is 0 Å². The van der Waals surface area contributed by atoms with Gasteiger partial charge in [0.05, 0.1) is 6.10 Å². The molecule has 4 aliphatic rings. The van der Waals surface area contributed by atoms with E-state index in [-0.39, 0.29) is 16.9 Å². The van der Waals surface area contributed by atoms with Crippen LogP contribution in [0, 0.1) is 51.8 Å². The minimum absolute atomic E-state index is 0.0302. The van der Waals surface area contributed by atoms with Gasteiger partial charge in [0.25, 0.3) is 0 Å². The number of rotatable bonds is 7. The summed E-state index contributed by atoms with van der Waals surface area (Å²) in [5, 5.41) is 11.8. The standard InChI is InChI=1S/C31H54O/c1-8-23-15-17-29(6)24(19-23)13-14-26-25(29)16-18-30(7)27(20-28(32)31(26,30)9-2)22(5)12-10-11-21(3)4/h14,21-25,27-28,32H,8-13,15-20H2,1-7H3/t22-,23+,24+,25+,27-,28+,29+,30-,31-/m1/s1. The summed E-state index contributed by atoms with van der Waals surface area (Å²) in [5.74, 6) is 4.75. The van der Waals surface area contributed by atoms with Gasteiger partial charge >= 0.3 is 0 Å². The molecule has 4 rings (SSSR count). The second-order valence-electron chi connectivity index (χ2n) is 13.6. The van der Waals surface area contributed by atoms with E-state index in [0.29, 0.717) is 11.3 Å². The zero-order valence-electron chi connectivity index (χ0n) is 22.6. The fraction of sp³-hybridized carbons (Fsp3) is 0.935. The van der Waals surface area contributed by atoms with Crippen molar-refractivity contribution in [1.29, 1.82) is 0 Å². The molecule has 0 spiro atoms. The maximum atomic E-state index is 11.8. The molecular weight excluding hydrogens is 388 g/mol. The van der Waals surface area contributed by atoms with Crippen molar-refractivity contribution in [3.8, 4) is 0 Å². The molecule has 0 saturated heterocycles. The van der Waals surface area contributed by atoms with Crippen LogP contribution in [0.1, 0.15) is 126 Å². The highest BCUT2D eigenvalue weighted by Gasteiger charge is 2.68. The van der Waals surface area contributed by atoms with Crippen molar-refractivity contribution in [3.05, 3.63) is 11.6 Å². The molecule has 32 heavy (non-hydrogen) atoms. The Morgan fingerprint density at radius 2 is 1.78 bits per heavy atom. The summed E-state index contributed by atoms with van der Waals surface area (Å²) in [6.45, 7) is 17.3. The molecule has 1 N–H and O–H groups in total. The van der Waals surface area contributed by atoms with Crippen molar-refractivity contribution in [2.24, 2.45) is 51.8 Å². The van der Waals surface area contributed by atoms with Gasteiger partial charge in [-0.25, -0.2) is 0 Å². The molecule has 0 aliphatic heterocycles. The highest BCUT2D eigenvalue weighted by Crippen LogP contribution is 2.73. The van der Waals surface area contributed by atoms with Crippen LogP contribution in [0.2, 0.25) is 0 Å². The lowest BCUT2D eigenvalue weighted by Gasteiger charge is -2.63. The lowest BCUT2D eigenvalue weighted by molar-refractivity contribution is -0.0843. The summed E-state index contributed by atoms with van der Waals surface area (Å²) in [6.07, 6.45) is 18.4. The van der Waals surface area contributed by atoms with Gasteiger partial charge in [-0.05, 0) is 97.7 Å². The SMILES string of the molecule is CC[C@H]1CC[C@@]2(C)[C@@H](CC=C3[C@@H]2CC[C@]2(C)[C@@H]([C@H](C)CCCC(C)C)C[C@H](O)[C@@]32CC)C1. The highest BCUT2D eigenvalue weighted by atomic mass is 16.3. The Morgan fingerprint density at radius 1 is 1.03 bits per heavy atom. The van der Waals surface area contributed by atoms with Crippen molar-refractivity contribution in [2.45, 2.75) is 132 Å². The van der Waals surface area contributed by atoms with Crippen LogP contribution in [-0.4, -0.2) is 11.2 Å². The number of hydrogen-bond donors (Lipinski definition) is 1. The first-order valence-electron chi connectivity index (χ1n) is 14.5. The van der Waals surface area contributed by atoms with E-state index in [4.69, 9.17) is 0 Å². The largest absolute Gasteiger partial charge is 0.392 e. The third-order valence-electron chi connectivity index (χ3n) is 12.0. The fourth-order valence-electron chi connectivity index (χ4n) is 9.99. The van der Waals surface area contributed by atoms with Gasteiger partial charge in [-0.3, -0.25) is 0 Å².